The zero-order valence-corrected chi connectivity index (χ0v) is 17.7. The van der Waals surface area contributed by atoms with Gasteiger partial charge in [-0.25, -0.2) is 4.68 Å². The van der Waals surface area contributed by atoms with Gasteiger partial charge in [-0.2, -0.15) is 5.10 Å². The van der Waals surface area contributed by atoms with Crippen LogP contribution in [0.2, 0.25) is 0 Å². The van der Waals surface area contributed by atoms with Crippen molar-refractivity contribution in [3.05, 3.63) is 64.5 Å². The first-order valence-electron chi connectivity index (χ1n) is 10.3. The number of carbonyl (C=O) groups is 1. The number of carboxylic acid groups (broad SMARTS) is 1. The van der Waals surface area contributed by atoms with Gasteiger partial charge in [0, 0.05) is 5.70 Å². The monoisotopic (exact) mass is 394 g/mol. The van der Waals surface area contributed by atoms with E-state index in [1.807, 2.05) is 36.7 Å². The number of allylic oxidation sites excluding steroid dienone is 4. The summed E-state index contributed by atoms with van der Waals surface area (Å²) in [4.78, 5) is 11.1. The van der Waals surface area contributed by atoms with Gasteiger partial charge in [0.1, 0.15) is 12.4 Å². The molecule has 5 heteroatoms. The van der Waals surface area contributed by atoms with Crippen LogP contribution in [0.4, 0.5) is 0 Å². The topological polar surface area (TPSA) is 64.4 Å². The summed E-state index contributed by atoms with van der Waals surface area (Å²) >= 11 is 0. The molecule has 1 unspecified atom stereocenters. The van der Waals surface area contributed by atoms with E-state index in [1.54, 1.807) is 6.92 Å². The van der Waals surface area contributed by atoms with Crippen molar-refractivity contribution >= 4 is 11.7 Å². The van der Waals surface area contributed by atoms with E-state index in [9.17, 15) is 4.79 Å². The molecule has 0 spiro atoms. The van der Waals surface area contributed by atoms with Crippen molar-refractivity contribution in [1.29, 1.82) is 0 Å². The lowest BCUT2D eigenvalue weighted by atomic mass is 9.99. The number of ether oxygens (including phenoxy) is 1. The molecule has 0 saturated heterocycles. The summed E-state index contributed by atoms with van der Waals surface area (Å²) in [6.07, 6.45) is 8.06. The van der Waals surface area contributed by atoms with Gasteiger partial charge in [-0.05, 0) is 68.9 Å². The van der Waals surface area contributed by atoms with Gasteiger partial charge in [0.2, 0.25) is 0 Å². The fourth-order valence-electron chi connectivity index (χ4n) is 3.64. The molecule has 0 amide bonds. The van der Waals surface area contributed by atoms with Crippen LogP contribution in [-0.2, 0) is 17.8 Å². The van der Waals surface area contributed by atoms with E-state index in [0.29, 0.717) is 13.0 Å². The maximum Gasteiger partial charge on any atom is 0.306 e. The number of hydrogen-bond acceptors (Lipinski definition) is 3. The number of aliphatic carboxylic acids is 1. The lowest BCUT2D eigenvalue weighted by Crippen LogP contribution is -2.12. The first-order valence-corrected chi connectivity index (χ1v) is 10.3. The smallest absolute Gasteiger partial charge is 0.306 e. The van der Waals surface area contributed by atoms with Crippen molar-refractivity contribution in [3.8, 4) is 5.75 Å². The highest BCUT2D eigenvalue weighted by Gasteiger charge is 2.15. The van der Waals surface area contributed by atoms with E-state index >= 15 is 0 Å². The third-order valence-electron chi connectivity index (χ3n) is 5.42. The first-order chi connectivity index (χ1) is 13.9. The lowest BCUT2D eigenvalue weighted by molar-refractivity contribution is -0.141. The number of carboxylic acids is 1. The standard InChI is InChI=1S/C24H30N2O3/c1-5-19-6-9-21(10-7-19)26-22(14-18(4)25-26)15-29-23-11-8-20(12-16(23)2)13-17(3)24(27)28/h6,8-9,11-12,14,17H,5,7,10,13,15H2,1-4H3,(H,27,28). The molecule has 2 aromatic rings. The minimum atomic E-state index is -0.774. The van der Waals surface area contributed by atoms with E-state index in [-0.39, 0.29) is 0 Å². The van der Waals surface area contributed by atoms with Crippen molar-refractivity contribution in [3.63, 3.8) is 0 Å². The molecule has 1 aliphatic carbocycles. The summed E-state index contributed by atoms with van der Waals surface area (Å²) in [7, 11) is 0. The minimum absolute atomic E-state index is 0.399. The van der Waals surface area contributed by atoms with E-state index in [4.69, 9.17) is 9.84 Å². The Morgan fingerprint density at radius 1 is 1.24 bits per heavy atom. The molecule has 154 valence electrons. The second kappa shape index (κ2) is 9.12. The molecule has 1 N–H and O–H groups in total. The van der Waals surface area contributed by atoms with E-state index < -0.39 is 11.9 Å². The van der Waals surface area contributed by atoms with Crippen molar-refractivity contribution in [1.82, 2.24) is 9.78 Å². The van der Waals surface area contributed by atoms with Crippen LogP contribution < -0.4 is 4.74 Å². The van der Waals surface area contributed by atoms with E-state index in [1.165, 1.54) is 11.3 Å². The molecule has 3 rings (SSSR count). The van der Waals surface area contributed by atoms with Crippen LogP contribution in [0, 0.1) is 19.8 Å². The van der Waals surface area contributed by atoms with Crippen LogP contribution in [0.3, 0.4) is 0 Å². The molecule has 1 atom stereocenters. The van der Waals surface area contributed by atoms with Gasteiger partial charge in [-0.3, -0.25) is 4.79 Å². The molecule has 0 bridgehead atoms. The fraction of sp³-hybridized carbons (Fsp3) is 0.417. The quantitative estimate of drug-likeness (QED) is 0.659. The van der Waals surface area contributed by atoms with Crippen LogP contribution in [0.15, 0.2) is 42.0 Å². The Bertz CT molecular complexity index is 953. The summed E-state index contributed by atoms with van der Waals surface area (Å²) in [5.41, 5.74) is 6.70. The maximum absolute atomic E-state index is 11.1. The Morgan fingerprint density at radius 3 is 2.66 bits per heavy atom. The van der Waals surface area contributed by atoms with Gasteiger partial charge < -0.3 is 9.84 Å². The fourth-order valence-corrected chi connectivity index (χ4v) is 3.64. The number of rotatable bonds is 8. The third-order valence-corrected chi connectivity index (χ3v) is 5.42. The Hall–Kier alpha value is -2.82. The molecule has 1 heterocycles. The van der Waals surface area contributed by atoms with E-state index in [2.05, 4.69) is 30.2 Å². The zero-order chi connectivity index (χ0) is 21.0. The third kappa shape index (κ3) is 5.17. The van der Waals surface area contributed by atoms with E-state index in [0.717, 1.165) is 47.5 Å². The number of hydrogen-bond donors (Lipinski definition) is 1. The normalized spacial score (nSPS) is 14.9. The van der Waals surface area contributed by atoms with Gasteiger partial charge >= 0.3 is 5.97 Å². The van der Waals surface area contributed by atoms with Gasteiger partial charge in [-0.1, -0.05) is 37.6 Å². The number of benzene rings is 1. The summed E-state index contributed by atoms with van der Waals surface area (Å²) in [5.74, 6) is -0.359. The van der Waals surface area contributed by atoms with Crippen molar-refractivity contribution in [2.45, 2.75) is 60.0 Å². The summed E-state index contributed by atoms with van der Waals surface area (Å²) in [6, 6.07) is 7.96. The second-order valence-corrected chi connectivity index (χ2v) is 7.86. The zero-order valence-electron chi connectivity index (χ0n) is 17.7. The highest BCUT2D eigenvalue weighted by molar-refractivity contribution is 5.69. The average molecular weight is 395 g/mol. The lowest BCUT2D eigenvalue weighted by Gasteiger charge is -2.17. The molecule has 0 fully saturated rings. The Morgan fingerprint density at radius 2 is 2.03 bits per heavy atom. The number of aryl methyl sites for hydroxylation is 2. The Kier molecular flexibility index (Phi) is 6.57. The molecule has 0 saturated carbocycles. The molecule has 1 aromatic heterocycles. The van der Waals surface area contributed by atoms with Gasteiger partial charge in [0.15, 0.2) is 0 Å². The number of aromatic nitrogens is 2. The highest BCUT2D eigenvalue weighted by atomic mass is 16.5. The van der Waals surface area contributed by atoms with Crippen LogP contribution >= 0.6 is 0 Å². The predicted molar refractivity (Wildman–Crippen MR) is 115 cm³/mol. The van der Waals surface area contributed by atoms with Crippen molar-refractivity contribution in [2.24, 2.45) is 5.92 Å². The van der Waals surface area contributed by atoms with Crippen LogP contribution in [0.25, 0.3) is 5.70 Å². The second-order valence-electron chi connectivity index (χ2n) is 7.86. The summed E-state index contributed by atoms with van der Waals surface area (Å²) < 4.78 is 8.11. The molecular weight excluding hydrogens is 364 g/mol. The van der Waals surface area contributed by atoms with Crippen LogP contribution in [0.1, 0.15) is 55.6 Å². The molecule has 1 aromatic carbocycles. The summed E-state index contributed by atoms with van der Waals surface area (Å²) in [6.45, 7) is 8.35. The van der Waals surface area contributed by atoms with Crippen LogP contribution in [-0.4, -0.2) is 20.9 Å². The van der Waals surface area contributed by atoms with Crippen molar-refractivity contribution < 1.29 is 14.6 Å². The number of nitrogens with zero attached hydrogens (tertiary/aromatic N) is 2. The SMILES string of the molecule is CCC1=CC=C(n2nc(C)cc2COc2ccc(CC(C)C(=O)O)cc2C)CC1. The molecule has 0 radical (unpaired) electrons. The highest BCUT2D eigenvalue weighted by Crippen LogP contribution is 2.26. The first kappa shape index (κ1) is 20.9. The molecule has 5 nitrogen and oxygen atoms in total. The summed E-state index contributed by atoms with van der Waals surface area (Å²) in [5, 5.41) is 13.8. The maximum atomic E-state index is 11.1. The Balaban J connectivity index is 1.72. The predicted octanol–water partition coefficient (Wildman–Crippen LogP) is 5.31. The molecule has 29 heavy (non-hydrogen) atoms. The molecular formula is C24H30N2O3. The van der Waals surface area contributed by atoms with Gasteiger partial charge in [-0.15, -0.1) is 0 Å². The Labute approximate surface area is 172 Å². The van der Waals surface area contributed by atoms with Gasteiger partial charge in [0.05, 0.1) is 17.3 Å². The molecule has 1 aliphatic rings. The van der Waals surface area contributed by atoms with Gasteiger partial charge in [0.25, 0.3) is 0 Å². The largest absolute Gasteiger partial charge is 0.487 e. The molecule has 0 aliphatic heterocycles. The van der Waals surface area contributed by atoms with Crippen molar-refractivity contribution in [2.75, 3.05) is 0 Å². The minimum Gasteiger partial charge on any atom is -0.487 e. The van der Waals surface area contributed by atoms with Crippen LogP contribution in [0.5, 0.6) is 5.75 Å². The average Bonchev–Trinajstić information content (AvgIpc) is 3.08.